The molecule has 9 heteroatoms. The molecule has 0 aliphatic carbocycles. The van der Waals surface area contributed by atoms with Gasteiger partial charge in [0.25, 0.3) is 0 Å². The zero-order valence-corrected chi connectivity index (χ0v) is 17.4. The third kappa shape index (κ3) is 2.64. The van der Waals surface area contributed by atoms with Gasteiger partial charge < -0.3 is 5.32 Å². The van der Waals surface area contributed by atoms with E-state index in [1.807, 2.05) is 51.5 Å². The van der Waals surface area contributed by atoms with Crippen molar-refractivity contribution in [3.8, 4) is 5.69 Å². The number of amidine groups is 1. The van der Waals surface area contributed by atoms with Crippen LogP contribution in [0, 0.1) is 12.3 Å². The zero-order valence-electron chi connectivity index (χ0n) is 16.6. The smallest absolute Gasteiger partial charge is 0.165 e. The Bertz CT molecular complexity index is 1220. The lowest BCUT2D eigenvalue weighted by atomic mass is 9.91. The largest absolute Gasteiger partial charge is 0.362 e. The lowest BCUT2D eigenvalue weighted by molar-refractivity contribution is 0.443. The Balaban J connectivity index is 1.78. The summed E-state index contributed by atoms with van der Waals surface area (Å²) in [7, 11) is -1.61. The molecule has 4 rings (SSSR count). The predicted octanol–water partition coefficient (Wildman–Crippen LogP) is 2.06. The van der Waals surface area contributed by atoms with Gasteiger partial charge in [-0.1, -0.05) is 6.07 Å². The molecule has 0 radical (unpaired) electrons. The van der Waals surface area contributed by atoms with Crippen molar-refractivity contribution in [2.24, 2.45) is 7.05 Å². The Hall–Kier alpha value is -2.68. The third-order valence-corrected chi connectivity index (χ3v) is 8.35. The number of benzene rings is 1. The first-order valence-corrected chi connectivity index (χ1v) is 10.7. The average molecular weight is 401 g/mol. The van der Waals surface area contributed by atoms with E-state index < -0.39 is 20.1 Å². The molecular formula is C19H24N6O2S. The van der Waals surface area contributed by atoms with Gasteiger partial charge in [0.2, 0.25) is 0 Å². The van der Waals surface area contributed by atoms with Gasteiger partial charge in [0.05, 0.1) is 28.7 Å². The van der Waals surface area contributed by atoms with Crippen molar-refractivity contribution in [2.75, 3.05) is 5.75 Å². The predicted molar refractivity (Wildman–Crippen MR) is 109 cm³/mol. The molecular weight excluding hydrogens is 376 g/mol. The number of aromatic nitrogens is 4. The van der Waals surface area contributed by atoms with Crippen molar-refractivity contribution in [1.82, 2.24) is 24.9 Å². The van der Waals surface area contributed by atoms with Gasteiger partial charge in [-0.05, 0) is 45.4 Å². The fourth-order valence-electron chi connectivity index (χ4n) is 3.64. The van der Waals surface area contributed by atoms with Crippen molar-refractivity contribution < 1.29 is 8.42 Å². The van der Waals surface area contributed by atoms with E-state index in [0.717, 1.165) is 27.8 Å². The molecule has 148 valence electrons. The summed E-state index contributed by atoms with van der Waals surface area (Å²) < 4.78 is 27.9. The summed E-state index contributed by atoms with van der Waals surface area (Å²) in [6, 6.07) is 5.71. The normalized spacial score (nSPS) is 23.7. The molecule has 0 saturated carbocycles. The summed E-state index contributed by atoms with van der Waals surface area (Å²) in [6.07, 6.45) is 3.82. The standard InChI is InChI=1S/C19H24N6O2S/c1-12-16(10-24(5)22-12)25-9-13-8-14(6-7-15(13)23-25)19(4)11-28(26,27)18(2,3)17(20)21-19/h6-10H,11H2,1-5H3,(H2,20,21)/t19-/m0/s1. The van der Waals surface area contributed by atoms with Crippen LogP contribution >= 0.6 is 0 Å². The maximum absolute atomic E-state index is 12.8. The summed E-state index contributed by atoms with van der Waals surface area (Å²) in [5.41, 5.74) is 2.52. The molecule has 0 amide bonds. The van der Waals surface area contributed by atoms with E-state index >= 15 is 0 Å². The van der Waals surface area contributed by atoms with Crippen LogP contribution in [0.15, 0.2) is 30.6 Å². The van der Waals surface area contributed by atoms with Crippen LogP contribution in [-0.2, 0) is 22.4 Å². The minimum Gasteiger partial charge on any atom is -0.362 e. The Morgan fingerprint density at radius 3 is 2.50 bits per heavy atom. The van der Waals surface area contributed by atoms with Gasteiger partial charge in [0.1, 0.15) is 16.3 Å². The molecule has 8 nitrogen and oxygen atoms in total. The van der Waals surface area contributed by atoms with Gasteiger partial charge in [-0.3, -0.25) is 10.1 Å². The molecule has 0 spiro atoms. The molecule has 1 aliphatic rings. The van der Waals surface area contributed by atoms with Crippen molar-refractivity contribution in [1.29, 1.82) is 5.41 Å². The molecule has 2 aromatic heterocycles. The number of fused-ring (bicyclic) bond motifs is 1. The van der Waals surface area contributed by atoms with Crippen molar-refractivity contribution >= 4 is 26.6 Å². The number of sulfone groups is 1. The molecule has 1 fully saturated rings. The SMILES string of the molecule is Cc1nn(C)cc1-n1cc2cc([C@]3(C)CS(=O)(=O)C(C)(C)C(=N)N3)ccc2n1. The summed E-state index contributed by atoms with van der Waals surface area (Å²) in [5.74, 6) is -0.0560. The molecule has 1 aliphatic heterocycles. The van der Waals surface area contributed by atoms with Crippen molar-refractivity contribution in [3.05, 3.63) is 41.9 Å². The molecule has 2 N–H and O–H groups in total. The summed E-state index contributed by atoms with van der Waals surface area (Å²) in [4.78, 5) is 0. The minimum absolute atomic E-state index is 0.0167. The fraction of sp³-hybridized carbons (Fsp3) is 0.421. The van der Waals surface area contributed by atoms with Gasteiger partial charge in [0, 0.05) is 18.6 Å². The van der Waals surface area contributed by atoms with E-state index in [1.54, 1.807) is 23.2 Å². The first kappa shape index (κ1) is 18.7. The van der Waals surface area contributed by atoms with E-state index in [0.29, 0.717) is 0 Å². The number of rotatable bonds is 2. The third-order valence-electron chi connectivity index (χ3n) is 5.64. The zero-order chi connectivity index (χ0) is 20.5. The van der Waals surface area contributed by atoms with Gasteiger partial charge in [-0.15, -0.1) is 0 Å². The highest BCUT2D eigenvalue weighted by atomic mass is 32.2. The number of nitrogens with zero attached hydrogens (tertiary/aromatic N) is 4. The summed E-state index contributed by atoms with van der Waals surface area (Å²) in [6.45, 7) is 6.89. The lowest BCUT2D eigenvalue weighted by Gasteiger charge is -2.43. The van der Waals surface area contributed by atoms with E-state index in [2.05, 4.69) is 15.5 Å². The number of hydrogen-bond donors (Lipinski definition) is 2. The topological polar surface area (TPSA) is 106 Å². The Labute approximate surface area is 164 Å². The number of nitrogens with one attached hydrogen (secondary N) is 2. The van der Waals surface area contributed by atoms with Crippen LogP contribution in [0.25, 0.3) is 16.6 Å². The van der Waals surface area contributed by atoms with E-state index in [1.165, 1.54) is 0 Å². The van der Waals surface area contributed by atoms with Crippen molar-refractivity contribution in [2.45, 2.75) is 38.0 Å². The van der Waals surface area contributed by atoms with Crippen LogP contribution in [0.3, 0.4) is 0 Å². The van der Waals surface area contributed by atoms with E-state index in [9.17, 15) is 8.42 Å². The van der Waals surface area contributed by atoms with Crippen LogP contribution in [0.5, 0.6) is 0 Å². The summed E-state index contributed by atoms with van der Waals surface area (Å²) >= 11 is 0. The molecule has 28 heavy (non-hydrogen) atoms. The molecule has 0 unspecified atom stereocenters. The van der Waals surface area contributed by atoms with Crippen LogP contribution in [0.2, 0.25) is 0 Å². The van der Waals surface area contributed by atoms with Crippen LogP contribution in [0.1, 0.15) is 32.0 Å². The Kier molecular flexibility index (Phi) is 3.78. The molecule has 1 saturated heterocycles. The highest BCUT2D eigenvalue weighted by Crippen LogP contribution is 2.35. The maximum Gasteiger partial charge on any atom is 0.165 e. The van der Waals surface area contributed by atoms with Crippen LogP contribution in [-0.4, -0.2) is 44.3 Å². The van der Waals surface area contributed by atoms with Crippen molar-refractivity contribution in [3.63, 3.8) is 0 Å². The molecule has 3 heterocycles. The van der Waals surface area contributed by atoms with Crippen LogP contribution < -0.4 is 5.32 Å². The monoisotopic (exact) mass is 400 g/mol. The van der Waals surface area contributed by atoms with Gasteiger partial charge in [-0.25, -0.2) is 13.1 Å². The Morgan fingerprint density at radius 1 is 1.18 bits per heavy atom. The van der Waals surface area contributed by atoms with Crippen LogP contribution in [0.4, 0.5) is 0 Å². The lowest BCUT2D eigenvalue weighted by Crippen LogP contribution is -2.63. The second-order valence-electron chi connectivity index (χ2n) is 8.22. The van der Waals surface area contributed by atoms with Gasteiger partial charge in [-0.2, -0.15) is 10.2 Å². The number of hydrogen-bond acceptors (Lipinski definition) is 5. The average Bonchev–Trinajstić information content (AvgIpc) is 3.14. The van der Waals surface area contributed by atoms with Gasteiger partial charge in [0.15, 0.2) is 9.84 Å². The van der Waals surface area contributed by atoms with Gasteiger partial charge >= 0.3 is 0 Å². The highest BCUT2D eigenvalue weighted by molar-refractivity contribution is 7.93. The maximum atomic E-state index is 12.8. The molecule has 1 atom stereocenters. The van der Waals surface area contributed by atoms with E-state index in [-0.39, 0.29) is 11.6 Å². The molecule has 3 aromatic rings. The first-order chi connectivity index (χ1) is 12.9. The Morgan fingerprint density at radius 2 is 1.89 bits per heavy atom. The molecule has 1 aromatic carbocycles. The quantitative estimate of drug-likeness (QED) is 0.685. The van der Waals surface area contributed by atoms with E-state index in [4.69, 9.17) is 5.41 Å². The minimum atomic E-state index is -3.48. The summed E-state index contributed by atoms with van der Waals surface area (Å²) in [5, 5.41) is 21.2. The molecule has 0 bridgehead atoms. The fourth-order valence-corrected chi connectivity index (χ4v) is 5.36. The number of aryl methyl sites for hydroxylation is 2. The highest BCUT2D eigenvalue weighted by Gasteiger charge is 2.50. The second-order valence-corrected chi connectivity index (χ2v) is 10.8. The first-order valence-electron chi connectivity index (χ1n) is 9.03. The second kappa shape index (κ2) is 5.66.